The zero-order valence-corrected chi connectivity index (χ0v) is 9.65. The van der Waals surface area contributed by atoms with Gasteiger partial charge in [-0.25, -0.2) is 8.78 Å². The number of alkyl halides is 3. The van der Waals surface area contributed by atoms with Crippen LogP contribution in [-0.4, -0.2) is 18.6 Å². The van der Waals surface area contributed by atoms with Crippen molar-refractivity contribution < 1.29 is 26.7 Å². The van der Waals surface area contributed by atoms with Crippen molar-refractivity contribution in [1.29, 1.82) is 0 Å². The predicted octanol–water partition coefficient (Wildman–Crippen LogP) is 2.67. The van der Waals surface area contributed by atoms with Crippen molar-refractivity contribution in [2.75, 3.05) is 6.54 Å². The first kappa shape index (κ1) is 13.8. The molecule has 19 heavy (non-hydrogen) atoms. The summed E-state index contributed by atoms with van der Waals surface area (Å²) in [5.41, 5.74) is -0.713. The van der Waals surface area contributed by atoms with E-state index in [1.54, 1.807) is 5.32 Å². The number of amides is 1. The van der Waals surface area contributed by atoms with Crippen LogP contribution in [0.25, 0.3) is 0 Å². The number of rotatable bonds is 3. The second-order valence-corrected chi connectivity index (χ2v) is 4.58. The number of benzene rings is 1. The lowest BCUT2D eigenvalue weighted by Crippen LogP contribution is -2.41. The van der Waals surface area contributed by atoms with E-state index in [9.17, 15) is 26.7 Å². The highest BCUT2D eigenvalue weighted by atomic mass is 19.4. The van der Waals surface area contributed by atoms with E-state index < -0.39 is 29.1 Å². The first-order valence-corrected chi connectivity index (χ1v) is 5.55. The lowest BCUT2D eigenvalue weighted by Gasteiger charge is -2.18. The smallest absolute Gasteiger partial charge is 0.347 e. The molecule has 1 N–H and O–H groups in total. The van der Waals surface area contributed by atoms with Crippen LogP contribution in [0.3, 0.4) is 0 Å². The molecule has 1 aliphatic rings. The molecule has 1 aromatic carbocycles. The number of carbonyl (C=O) groups excluding carboxylic acids is 1. The maximum Gasteiger partial charge on any atom is 0.471 e. The van der Waals surface area contributed by atoms with Gasteiger partial charge in [0.1, 0.15) is 11.6 Å². The molecular weight excluding hydrogens is 269 g/mol. The van der Waals surface area contributed by atoms with Crippen molar-refractivity contribution in [3.8, 4) is 0 Å². The molecule has 0 radical (unpaired) electrons. The largest absolute Gasteiger partial charge is 0.471 e. The zero-order valence-electron chi connectivity index (χ0n) is 9.65. The Morgan fingerprint density at radius 1 is 1.26 bits per heavy atom. The van der Waals surface area contributed by atoms with Gasteiger partial charge >= 0.3 is 12.1 Å². The van der Waals surface area contributed by atoms with Crippen LogP contribution in [-0.2, 0) is 10.2 Å². The van der Waals surface area contributed by atoms with Crippen molar-refractivity contribution in [2.24, 2.45) is 0 Å². The zero-order chi connectivity index (χ0) is 14.3. The van der Waals surface area contributed by atoms with E-state index in [1.165, 1.54) is 6.07 Å². The summed E-state index contributed by atoms with van der Waals surface area (Å²) in [5, 5.41) is 1.74. The molecule has 1 saturated carbocycles. The van der Waals surface area contributed by atoms with Crippen LogP contribution in [0.4, 0.5) is 22.0 Å². The van der Waals surface area contributed by atoms with Gasteiger partial charge in [-0.1, -0.05) is 6.07 Å². The van der Waals surface area contributed by atoms with Gasteiger partial charge in [0.2, 0.25) is 0 Å². The molecule has 2 nitrogen and oxygen atoms in total. The molecule has 1 aliphatic carbocycles. The maximum absolute atomic E-state index is 13.6. The molecule has 1 amide bonds. The molecule has 0 aliphatic heterocycles. The molecule has 2 rings (SSSR count). The third kappa shape index (κ3) is 2.85. The van der Waals surface area contributed by atoms with Gasteiger partial charge in [0.05, 0.1) is 0 Å². The number of halogens is 5. The molecule has 7 heteroatoms. The number of carbonyl (C=O) groups is 1. The molecule has 0 aromatic heterocycles. The molecule has 1 aromatic rings. The van der Waals surface area contributed by atoms with Crippen LogP contribution < -0.4 is 5.32 Å². The Hall–Kier alpha value is -1.66. The summed E-state index contributed by atoms with van der Waals surface area (Å²) in [6.45, 7) is -0.312. The lowest BCUT2D eigenvalue weighted by molar-refractivity contribution is -0.173. The summed E-state index contributed by atoms with van der Waals surface area (Å²) < 4.78 is 62.5. The monoisotopic (exact) mass is 279 g/mol. The molecule has 0 heterocycles. The summed E-state index contributed by atoms with van der Waals surface area (Å²) in [6, 6.07) is 2.93. The second-order valence-electron chi connectivity index (χ2n) is 4.58. The normalized spacial score (nSPS) is 17.1. The van der Waals surface area contributed by atoms with E-state index in [4.69, 9.17) is 0 Å². The highest BCUT2D eigenvalue weighted by molar-refractivity contribution is 5.81. The van der Waals surface area contributed by atoms with Crippen molar-refractivity contribution in [3.05, 3.63) is 35.4 Å². The van der Waals surface area contributed by atoms with E-state index >= 15 is 0 Å². The van der Waals surface area contributed by atoms with Gasteiger partial charge in [-0.2, -0.15) is 13.2 Å². The highest BCUT2D eigenvalue weighted by Crippen LogP contribution is 2.48. The molecule has 0 atom stereocenters. The van der Waals surface area contributed by atoms with Crippen molar-refractivity contribution in [1.82, 2.24) is 5.32 Å². The van der Waals surface area contributed by atoms with Crippen LogP contribution in [0.5, 0.6) is 0 Å². The average Bonchev–Trinajstić information content (AvgIpc) is 3.05. The van der Waals surface area contributed by atoms with E-state index in [0.717, 1.165) is 6.07 Å². The highest BCUT2D eigenvalue weighted by Gasteiger charge is 2.48. The van der Waals surface area contributed by atoms with Gasteiger partial charge < -0.3 is 5.32 Å². The summed E-state index contributed by atoms with van der Waals surface area (Å²) >= 11 is 0. The second kappa shape index (κ2) is 4.47. The van der Waals surface area contributed by atoms with E-state index in [2.05, 4.69) is 0 Å². The third-order valence-electron chi connectivity index (χ3n) is 3.20. The van der Waals surface area contributed by atoms with Gasteiger partial charge in [-0.3, -0.25) is 4.79 Å². The standard InChI is InChI=1S/C12H10F5NO/c13-7-1-2-8(9(14)5-7)11(3-4-11)6-18-10(19)12(15,16)17/h1-2,5H,3-4,6H2,(H,18,19). The van der Waals surface area contributed by atoms with Crippen LogP contribution in [0.2, 0.25) is 0 Å². The first-order chi connectivity index (χ1) is 8.74. The van der Waals surface area contributed by atoms with Crippen molar-refractivity contribution in [2.45, 2.75) is 24.4 Å². The van der Waals surface area contributed by atoms with Gasteiger partial charge in [0.25, 0.3) is 0 Å². The molecule has 0 spiro atoms. The molecule has 0 bridgehead atoms. The lowest BCUT2D eigenvalue weighted by atomic mass is 9.95. The molecular formula is C12H10F5NO. The van der Waals surface area contributed by atoms with Crippen LogP contribution >= 0.6 is 0 Å². The Balaban J connectivity index is 2.10. The Kier molecular flexibility index (Phi) is 3.24. The fourth-order valence-corrected chi connectivity index (χ4v) is 1.96. The molecule has 0 unspecified atom stereocenters. The van der Waals surface area contributed by atoms with E-state index in [0.29, 0.717) is 18.9 Å². The van der Waals surface area contributed by atoms with E-state index in [1.807, 2.05) is 0 Å². The minimum absolute atomic E-state index is 0.136. The summed E-state index contributed by atoms with van der Waals surface area (Å²) in [7, 11) is 0. The number of nitrogens with one attached hydrogen (secondary N) is 1. The Labute approximate surface area is 105 Å². The van der Waals surface area contributed by atoms with Gasteiger partial charge in [0.15, 0.2) is 0 Å². The topological polar surface area (TPSA) is 29.1 Å². The SMILES string of the molecule is O=C(NCC1(c2ccc(F)cc2F)CC1)C(F)(F)F. The van der Waals surface area contributed by atoms with Crippen molar-refractivity contribution in [3.63, 3.8) is 0 Å². The minimum atomic E-state index is -4.96. The fourth-order valence-electron chi connectivity index (χ4n) is 1.96. The average molecular weight is 279 g/mol. The first-order valence-electron chi connectivity index (χ1n) is 5.55. The maximum atomic E-state index is 13.6. The molecule has 0 saturated heterocycles. The van der Waals surface area contributed by atoms with Gasteiger partial charge in [-0.15, -0.1) is 0 Å². The van der Waals surface area contributed by atoms with Crippen LogP contribution in [0.1, 0.15) is 18.4 Å². The Morgan fingerprint density at radius 3 is 2.37 bits per heavy atom. The summed E-state index contributed by atoms with van der Waals surface area (Å²) in [5.74, 6) is -3.61. The Bertz CT molecular complexity index is 507. The van der Waals surface area contributed by atoms with Crippen LogP contribution in [0, 0.1) is 11.6 Å². The predicted molar refractivity (Wildman–Crippen MR) is 56.3 cm³/mol. The van der Waals surface area contributed by atoms with E-state index in [-0.39, 0.29) is 12.1 Å². The number of hydrogen-bond acceptors (Lipinski definition) is 1. The Morgan fingerprint density at radius 2 is 1.89 bits per heavy atom. The summed E-state index contributed by atoms with van der Waals surface area (Å²) in [4.78, 5) is 10.7. The summed E-state index contributed by atoms with van der Waals surface area (Å²) in [6.07, 6.45) is -4.06. The minimum Gasteiger partial charge on any atom is -0.347 e. The van der Waals surface area contributed by atoms with Gasteiger partial charge in [0, 0.05) is 18.0 Å². The quantitative estimate of drug-likeness (QED) is 0.847. The third-order valence-corrected chi connectivity index (χ3v) is 3.20. The van der Waals surface area contributed by atoms with Gasteiger partial charge in [-0.05, 0) is 24.5 Å². The fraction of sp³-hybridized carbons (Fsp3) is 0.417. The molecule has 104 valence electrons. The molecule has 1 fully saturated rings. The number of hydrogen-bond donors (Lipinski definition) is 1. The van der Waals surface area contributed by atoms with Crippen LogP contribution in [0.15, 0.2) is 18.2 Å². The van der Waals surface area contributed by atoms with Crippen molar-refractivity contribution >= 4 is 5.91 Å².